The van der Waals surface area contributed by atoms with Crippen molar-refractivity contribution in [2.75, 3.05) is 45.1 Å². The van der Waals surface area contributed by atoms with E-state index in [1.807, 2.05) is 19.2 Å². The number of aromatic nitrogens is 2. The quantitative estimate of drug-likeness (QED) is 0.0291. The number of carboxylic acids is 1. The number of thiol groups is 1. The molecule has 1 aliphatic rings. The van der Waals surface area contributed by atoms with Crippen LogP contribution in [0.4, 0.5) is 0 Å². The van der Waals surface area contributed by atoms with Crippen molar-refractivity contribution < 1.29 is 72.5 Å². The van der Waals surface area contributed by atoms with Crippen molar-refractivity contribution in [1.82, 2.24) is 68.0 Å². The van der Waals surface area contributed by atoms with E-state index in [0.717, 1.165) is 0 Å². The summed E-state index contributed by atoms with van der Waals surface area (Å²) in [6.07, 6.45) is 2.81. The summed E-state index contributed by atoms with van der Waals surface area (Å²) in [5.41, 5.74) is 11.0. The van der Waals surface area contributed by atoms with Gasteiger partial charge in [-0.2, -0.15) is 12.6 Å². The lowest BCUT2D eigenvalue weighted by Gasteiger charge is -2.29. The zero-order chi connectivity index (χ0) is 57.2. The topological polar surface area (TPSA) is 467 Å². The minimum atomic E-state index is -1.64. The minimum absolute atomic E-state index is 0.0505. The second-order valence-electron chi connectivity index (χ2n) is 18.3. The number of hydrogen-bond donors (Lipinski definition) is 16. The maximum atomic E-state index is 13.6. The second-order valence-corrected chi connectivity index (χ2v) is 18.7. The first-order chi connectivity index (χ1) is 35.8. The summed E-state index contributed by atoms with van der Waals surface area (Å²) in [7, 11) is 0. The highest BCUT2D eigenvalue weighted by Crippen LogP contribution is 2.20. The fourth-order valence-electron chi connectivity index (χ4n) is 7.47. The SMILES string of the molecule is CC[C@H](C)[C@H](NC(=O)CNC(=O)[C@H](CC(C)C)NC(=O)[C@@H]1CCCN1C(=O)[C@H](CS)NC(=O)CN)C(=O)N[C@@H](C)C(=O)NCC(=O)N[C@@H](CCC(N)=O)C(=O)N[C@@H](Cc1cnc[nH]1)C(=O)N[C@@H](CO)C(=O)NCC(=O)O. The van der Waals surface area contributed by atoms with Crippen LogP contribution in [0, 0.1) is 11.8 Å². The Labute approximate surface area is 443 Å². The van der Waals surface area contributed by atoms with Crippen molar-refractivity contribution >= 4 is 89.5 Å². The highest BCUT2D eigenvalue weighted by molar-refractivity contribution is 7.80. The smallest absolute Gasteiger partial charge is 0.322 e. The second kappa shape index (κ2) is 32.8. The Morgan fingerprint density at radius 1 is 0.737 bits per heavy atom. The molecular formula is C45H73N15O15S. The van der Waals surface area contributed by atoms with Crippen LogP contribution in [-0.4, -0.2) is 195 Å². The van der Waals surface area contributed by atoms with Gasteiger partial charge in [0.25, 0.3) is 0 Å². The number of rotatable bonds is 33. The number of imidazole rings is 1. The molecule has 0 aromatic carbocycles. The van der Waals surface area contributed by atoms with Crippen molar-refractivity contribution in [2.24, 2.45) is 23.3 Å². The lowest BCUT2D eigenvalue weighted by atomic mass is 9.98. The molecule has 0 spiro atoms. The van der Waals surface area contributed by atoms with Crippen molar-refractivity contribution in [1.29, 1.82) is 0 Å². The van der Waals surface area contributed by atoms with E-state index in [1.54, 1.807) is 13.8 Å². The normalized spacial score (nSPS) is 16.1. The van der Waals surface area contributed by atoms with E-state index >= 15 is 0 Å². The molecule has 76 heavy (non-hydrogen) atoms. The monoisotopic (exact) mass is 1100 g/mol. The number of aliphatic carboxylic acids is 1. The molecule has 2 rings (SSSR count). The van der Waals surface area contributed by atoms with E-state index in [2.05, 4.69) is 70.4 Å². The summed E-state index contributed by atoms with van der Waals surface area (Å²) in [5.74, 6) is -11.9. The molecule has 0 bridgehead atoms. The summed E-state index contributed by atoms with van der Waals surface area (Å²) in [5, 5.41) is 42.6. The first-order valence-electron chi connectivity index (χ1n) is 24.5. The van der Waals surface area contributed by atoms with Gasteiger partial charge >= 0.3 is 5.97 Å². The number of aromatic amines is 1. The summed E-state index contributed by atoms with van der Waals surface area (Å²) in [6, 6.07) is -10.3. The summed E-state index contributed by atoms with van der Waals surface area (Å²) < 4.78 is 0. The van der Waals surface area contributed by atoms with Crippen LogP contribution in [0.5, 0.6) is 0 Å². The Balaban J connectivity index is 2.08. The zero-order valence-corrected chi connectivity index (χ0v) is 43.9. The fraction of sp³-hybridized carbons (Fsp3) is 0.644. The number of nitrogens with one attached hydrogen (secondary N) is 11. The van der Waals surface area contributed by atoms with Crippen molar-refractivity contribution in [3.05, 3.63) is 18.2 Å². The third-order valence-electron chi connectivity index (χ3n) is 11.8. The van der Waals surface area contributed by atoms with Crippen molar-refractivity contribution in [3.8, 4) is 0 Å². The predicted molar refractivity (Wildman–Crippen MR) is 270 cm³/mol. The molecule has 1 saturated heterocycles. The molecule has 0 unspecified atom stereocenters. The van der Waals surface area contributed by atoms with Gasteiger partial charge in [-0.15, -0.1) is 0 Å². The van der Waals surface area contributed by atoms with Gasteiger partial charge < -0.3 is 84.7 Å². The average molecular weight is 1100 g/mol. The van der Waals surface area contributed by atoms with Crippen molar-refractivity contribution in [2.45, 2.75) is 128 Å². The standard InChI is InChI=1S/C45H73N15O15S/c1-6-23(4)37(59-35(65)17-50-39(69)27(12-22(2)3)57-43(73)31-8-7-11-60(31)45(75)30(20-76)55-33(63)14-46)44(74)53-24(5)38(68)49-16-34(64)54-26(9-10-32(47)62)41(71)56-28(13-25-15-48-21-52-25)42(72)58-29(19-61)40(70)51-18-36(66)67/h15,21-24,26-31,37,61,76H,6-14,16-20,46H2,1-5H3,(H2,47,62)(H,48,52)(H,49,68)(H,50,69)(H,51,70)(H,53,74)(H,54,64)(H,55,63)(H,56,71)(H,57,73)(H,58,72)(H,59,65)(H,66,67)/t23-,24-,26-,27-,28-,29-,30-,31-,37-/m0/s1. The number of carbonyl (C=O) groups excluding carboxylic acids is 12. The summed E-state index contributed by atoms with van der Waals surface area (Å²) >= 11 is 4.16. The van der Waals surface area contributed by atoms with Crippen LogP contribution >= 0.6 is 12.6 Å². The number of carboxylic acid groups (broad SMARTS) is 1. The highest BCUT2D eigenvalue weighted by atomic mass is 32.1. The van der Waals surface area contributed by atoms with Gasteiger partial charge in [-0.3, -0.25) is 62.3 Å². The number of aliphatic hydroxyl groups is 1. The van der Waals surface area contributed by atoms with Gasteiger partial charge in [0.1, 0.15) is 54.9 Å². The minimum Gasteiger partial charge on any atom is -0.480 e. The number of carbonyl (C=O) groups is 13. The Hall–Kier alpha value is -7.41. The first-order valence-corrected chi connectivity index (χ1v) is 25.1. The van der Waals surface area contributed by atoms with Crippen LogP contribution < -0.4 is 64.6 Å². The van der Waals surface area contributed by atoms with E-state index in [1.165, 1.54) is 24.3 Å². The third kappa shape index (κ3) is 22.2. The predicted octanol–water partition coefficient (Wildman–Crippen LogP) is -6.97. The average Bonchev–Trinajstić information content (AvgIpc) is 4.10. The van der Waals surface area contributed by atoms with Gasteiger partial charge in [-0.1, -0.05) is 34.1 Å². The van der Waals surface area contributed by atoms with Gasteiger partial charge in [0.2, 0.25) is 70.9 Å². The molecule has 2 heterocycles. The number of nitrogens with two attached hydrogens (primary N) is 2. The maximum Gasteiger partial charge on any atom is 0.322 e. The number of primary amides is 1. The molecule has 1 aromatic rings. The van der Waals surface area contributed by atoms with Gasteiger partial charge in [0.05, 0.1) is 32.6 Å². The third-order valence-corrected chi connectivity index (χ3v) is 12.1. The molecule has 17 N–H and O–H groups in total. The summed E-state index contributed by atoms with van der Waals surface area (Å²) in [6.45, 7) is 5.00. The molecule has 424 valence electrons. The van der Waals surface area contributed by atoms with Crippen LogP contribution in [0.3, 0.4) is 0 Å². The largest absolute Gasteiger partial charge is 0.480 e. The Morgan fingerprint density at radius 3 is 1.89 bits per heavy atom. The van der Waals surface area contributed by atoms with Crippen LogP contribution in [0.2, 0.25) is 0 Å². The maximum absolute atomic E-state index is 13.6. The van der Waals surface area contributed by atoms with Gasteiger partial charge in [0, 0.05) is 37.0 Å². The van der Waals surface area contributed by atoms with E-state index in [9.17, 15) is 67.4 Å². The molecular weight excluding hydrogens is 1020 g/mol. The van der Waals surface area contributed by atoms with E-state index in [0.29, 0.717) is 18.5 Å². The Morgan fingerprint density at radius 2 is 1.33 bits per heavy atom. The van der Waals surface area contributed by atoms with E-state index in [-0.39, 0.29) is 50.4 Å². The number of H-pyrrole nitrogens is 1. The molecule has 1 fully saturated rings. The zero-order valence-electron chi connectivity index (χ0n) is 43.0. The first kappa shape index (κ1) is 64.7. The molecule has 30 nitrogen and oxygen atoms in total. The van der Waals surface area contributed by atoms with Crippen LogP contribution in [0.1, 0.15) is 78.8 Å². The molecule has 9 atom stereocenters. The molecule has 0 saturated carbocycles. The van der Waals surface area contributed by atoms with Crippen LogP contribution in [0.25, 0.3) is 0 Å². The summed E-state index contributed by atoms with van der Waals surface area (Å²) in [4.78, 5) is 175. The van der Waals surface area contributed by atoms with Crippen molar-refractivity contribution in [3.63, 3.8) is 0 Å². The van der Waals surface area contributed by atoms with E-state index in [4.69, 9.17) is 16.6 Å². The van der Waals surface area contributed by atoms with Crippen LogP contribution in [-0.2, 0) is 68.7 Å². The number of amides is 12. The van der Waals surface area contributed by atoms with Gasteiger partial charge in [0.15, 0.2) is 0 Å². The Kier molecular flexibility index (Phi) is 27.9. The van der Waals surface area contributed by atoms with Crippen LogP contribution in [0.15, 0.2) is 12.5 Å². The molecule has 12 amide bonds. The number of aliphatic hydroxyl groups excluding tert-OH is 1. The molecule has 0 aliphatic carbocycles. The van der Waals surface area contributed by atoms with E-state index < -0.39 is 164 Å². The fourth-order valence-corrected chi connectivity index (χ4v) is 7.72. The lowest BCUT2D eigenvalue weighted by Crippen LogP contribution is -2.59. The molecule has 1 aromatic heterocycles. The van der Waals surface area contributed by atoms with Gasteiger partial charge in [-0.25, -0.2) is 4.98 Å². The number of hydrogen-bond acceptors (Lipinski definition) is 17. The highest BCUT2D eigenvalue weighted by Gasteiger charge is 2.39. The number of likely N-dealkylation sites (tertiary alicyclic amines) is 1. The Bertz CT molecular complexity index is 2220. The molecule has 31 heteroatoms. The lowest BCUT2D eigenvalue weighted by molar-refractivity contribution is -0.141. The molecule has 0 radical (unpaired) electrons. The van der Waals surface area contributed by atoms with Gasteiger partial charge in [-0.05, 0) is 44.4 Å². The number of nitrogens with zero attached hydrogens (tertiary/aromatic N) is 2. The molecule has 1 aliphatic heterocycles.